The molecule has 2 rings (SSSR count). The third-order valence-electron chi connectivity index (χ3n) is 3.24. The molecule has 0 aromatic heterocycles. The average Bonchev–Trinajstić information content (AvgIpc) is 2.39. The second-order valence-electron chi connectivity index (χ2n) is 4.96. The van der Waals surface area contributed by atoms with Gasteiger partial charge in [0.05, 0.1) is 23.5 Å². The lowest BCUT2D eigenvalue weighted by Gasteiger charge is -2.33. The first-order valence-corrected chi connectivity index (χ1v) is 8.75. The fourth-order valence-corrected chi connectivity index (χ4v) is 2.89. The summed E-state index contributed by atoms with van der Waals surface area (Å²) in [4.78, 5) is 2.03. The van der Waals surface area contributed by atoms with Crippen LogP contribution in [0.3, 0.4) is 0 Å². The van der Waals surface area contributed by atoms with Crippen molar-refractivity contribution in [1.82, 2.24) is 4.90 Å². The molecule has 112 valence electrons. The Morgan fingerprint density at radius 2 is 2.25 bits per heavy atom. The van der Waals surface area contributed by atoms with Crippen molar-refractivity contribution in [3.8, 4) is 0 Å². The van der Waals surface area contributed by atoms with Crippen LogP contribution in [-0.4, -0.2) is 51.6 Å². The Hall–Kier alpha value is -0.690. The summed E-state index contributed by atoms with van der Waals surface area (Å²) in [5, 5.41) is 0.0689. The number of sulfone groups is 1. The van der Waals surface area contributed by atoms with Gasteiger partial charge in [0.15, 0.2) is 0 Å². The van der Waals surface area contributed by atoms with Gasteiger partial charge in [-0.25, -0.2) is 12.8 Å². The Kier molecular flexibility index (Phi) is 5.01. The van der Waals surface area contributed by atoms with Crippen LogP contribution in [0, 0.1) is 5.82 Å². The lowest BCUT2D eigenvalue weighted by molar-refractivity contribution is -0.0279. The number of morpholine rings is 1. The van der Waals surface area contributed by atoms with Gasteiger partial charge < -0.3 is 4.74 Å². The SMILES string of the molecule is CS(=O)(=O)CCN1CCO[C@@H](c2ccc(F)c(Cl)c2)C1. The molecule has 0 amide bonds. The van der Waals surface area contributed by atoms with Crippen molar-refractivity contribution in [3.63, 3.8) is 0 Å². The minimum atomic E-state index is -2.97. The molecule has 0 N–H and O–H groups in total. The van der Waals surface area contributed by atoms with Crippen LogP contribution in [0.1, 0.15) is 11.7 Å². The smallest absolute Gasteiger partial charge is 0.148 e. The molecule has 4 nitrogen and oxygen atoms in total. The molecular weight excluding hydrogens is 305 g/mol. The van der Waals surface area contributed by atoms with Gasteiger partial charge >= 0.3 is 0 Å². The number of nitrogens with zero attached hydrogens (tertiary/aromatic N) is 1. The molecule has 0 saturated carbocycles. The van der Waals surface area contributed by atoms with E-state index in [2.05, 4.69) is 0 Å². The summed E-state index contributed by atoms with van der Waals surface area (Å²) in [6, 6.07) is 4.52. The summed E-state index contributed by atoms with van der Waals surface area (Å²) < 4.78 is 41.2. The Morgan fingerprint density at radius 3 is 2.90 bits per heavy atom. The molecule has 0 spiro atoms. The third kappa shape index (κ3) is 4.41. The Balaban J connectivity index is 2.01. The zero-order valence-corrected chi connectivity index (χ0v) is 12.8. The van der Waals surface area contributed by atoms with E-state index in [1.54, 1.807) is 12.1 Å². The summed E-state index contributed by atoms with van der Waals surface area (Å²) >= 11 is 5.77. The molecule has 0 bridgehead atoms. The second kappa shape index (κ2) is 6.39. The van der Waals surface area contributed by atoms with Gasteiger partial charge in [-0.15, -0.1) is 0 Å². The van der Waals surface area contributed by atoms with Gasteiger partial charge in [-0.3, -0.25) is 4.90 Å². The Morgan fingerprint density at radius 1 is 1.50 bits per heavy atom. The molecule has 0 aliphatic carbocycles. The van der Waals surface area contributed by atoms with E-state index in [1.165, 1.54) is 12.3 Å². The number of rotatable bonds is 4. The van der Waals surface area contributed by atoms with E-state index in [-0.39, 0.29) is 16.9 Å². The minimum Gasteiger partial charge on any atom is -0.371 e. The predicted octanol–water partition coefficient (Wildman–Crippen LogP) is 1.90. The standard InChI is InChI=1S/C13H17ClFNO3S/c1-20(17,18)7-5-16-4-6-19-13(9-16)10-2-3-12(15)11(14)8-10/h2-3,8,13H,4-7,9H2,1H3/t13-/m1/s1. The highest BCUT2D eigenvalue weighted by molar-refractivity contribution is 7.90. The third-order valence-corrected chi connectivity index (χ3v) is 4.46. The van der Waals surface area contributed by atoms with E-state index in [0.29, 0.717) is 26.2 Å². The molecule has 1 aromatic carbocycles. The number of hydrogen-bond acceptors (Lipinski definition) is 4. The molecule has 1 aliphatic heterocycles. The van der Waals surface area contributed by atoms with Crippen molar-refractivity contribution in [3.05, 3.63) is 34.6 Å². The lowest BCUT2D eigenvalue weighted by atomic mass is 10.1. The summed E-state index contributed by atoms with van der Waals surface area (Å²) in [6.07, 6.45) is 1.02. The van der Waals surface area contributed by atoms with Crippen molar-refractivity contribution in [2.75, 3.05) is 38.2 Å². The summed E-state index contributed by atoms with van der Waals surface area (Å²) in [7, 11) is -2.97. The fourth-order valence-electron chi connectivity index (χ4n) is 2.11. The quantitative estimate of drug-likeness (QED) is 0.850. The largest absolute Gasteiger partial charge is 0.371 e. The molecule has 7 heteroatoms. The number of ether oxygens (including phenoxy) is 1. The van der Waals surface area contributed by atoms with Crippen LogP contribution in [0.4, 0.5) is 4.39 Å². The van der Waals surface area contributed by atoms with Crippen molar-refractivity contribution in [1.29, 1.82) is 0 Å². The van der Waals surface area contributed by atoms with Gasteiger partial charge in [-0.1, -0.05) is 17.7 Å². The zero-order chi connectivity index (χ0) is 14.8. The van der Waals surface area contributed by atoms with Gasteiger partial charge in [0.1, 0.15) is 15.7 Å². The molecule has 20 heavy (non-hydrogen) atoms. The molecule has 1 saturated heterocycles. The molecule has 1 heterocycles. The molecular formula is C13H17ClFNO3S. The van der Waals surface area contributed by atoms with Gasteiger partial charge in [-0.05, 0) is 17.7 Å². The van der Waals surface area contributed by atoms with Crippen LogP contribution in [0.2, 0.25) is 5.02 Å². The maximum atomic E-state index is 13.1. The van der Waals surface area contributed by atoms with Crippen molar-refractivity contribution in [2.24, 2.45) is 0 Å². The number of hydrogen-bond donors (Lipinski definition) is 0. The first-order valence-electron chi connectivity index (χ1n) is 6.32. The Labute approximate surface area is 123 Å². The second-order valence-corrected chi connectivity index (χ2v) is 7.63. The topological polar surface area (TPSA) is 46.6 Å². The van der Waals surface area contributed by atoms with Gasteiger partial charge in [0.25, 0.3) is 0 Å². The van der Waals surface area contributed by atoms with Crippen LogP contribution in [0.25, 0.3) is 0 Å². The zero-order valence-electron chi connectivity index (χ0n) is 11.2. The van der Waals surface area contributed by atoms with Crippen LogP contribution in [0.15, 0.2) is 18.2 Å². The normalized spacial score (nSPS) is 21.1. The number of benzene rings is 1. The van der Waals surface area contributed by atoms with Crippen LogP contribution in [0.5, 0.6) is 0 Å². The fraction of sp³-hybridized carbons (Fsp3) is 0.538. The molecule has 1 aromatic rings. The minimum absolute atomic E-state index is 0.0689. The van der Waals surface area contributed by atoms with Crippen molar-refractivity contribution >= 4 is 21.4 Å². The van der Waals surface area contributed by atoms with E-state index in [1.807, 2.05) is 4.90 Å². The summed E-state index contributed by atoms with van der Waals surface area (Å²) in [5.74, 6) is -0.329. The van der Waals surface area contributed by atoms with Crippen molar-refractivity contribution in [2.45, 2.75) is 6.10 Å². The average molecular weight is 322 g/mol. The molecule has 1 atom stereocenters. The highest BCUT2D eigenvalue weighted by Crippen LogP contribution is 2.26. The summed E-state index contributed by atoms with van der Waals surface area (Å²) in [5.41, 5.74) is 0.806. The first-order chi connectivity index (χ1) is 9.35. The van der Waals surface area contributed by atoms with E-state index < -0.39 is 15.7 Å². The van der Waals surface area contributed by atoms with E-state index >= 15 is 0 Å². The van der Waals surface area contributed by atoms with Crippen LogP contribution < -0.4 is 0 Å². The van der Waals surface area contributed by atoms with Gasteiger partial charge in [0.2, 0.25) is 0 Å². The van der Waals surface area contributed by atoms with E-state index in [9.17, 15) is 12.8 Å². The molecule has 1 aliphatic rings. The number of halogens is 2. The van der Waals surface area contributed by atoms with Crippen LogP contribution >= 0.6 is 11.6 Å². The van der Waals surface area contributed by atoms with Crippen LogP contribution in [-0.2, 0) is 14.6 Å². The summed E-state index contributed by atoms with van der Waals surface area (Å²) in [6.45, 7) is 2.27. The molecule has 1 fully saturated rings. The maximum absolute atomic E-state index is 13.1. The maximum Gasteiger partial charge on any atom is 0.148 e. The van der Waals surface area contributed by atoms with Crippen molar-refractivity contribution < 1.29 is 17.5 Å². The van der Waals surface area contributed by atoms with E-state index in [0.717, 1.165) is 5.56 Å². The van der Waals surface area contributed by atoms with E-state index in [4.69, 9.17) is 16.3 Å². The first kappa shape index (κ1) is 15.7. The molecule has 0 unspecified atom stereocenters. The highest BCUT2D eigenvalue weighted by atomic mass is 35.5. The predicted molar refractivity (Wildman–Crippen MR) is 76.3 cm³/mol. The lowest BCUT2D eigenvalue weighted by Crippen LogP contribution is -2.40. The monoisotopic (exact) mass is 321 g/mol. The van der Waals surface area contributed by atoms with Gasteiger partial charge in [0, 0.05) is 25.9 Å². The Bertz CT molecular complexity index is 579. The van der Waals surface area contributed by atoms with Gasteiger partial charge in [-0.2, -0.15) is 0 Å². The highest BCUT2D eigenvalue weighted by Gasteiger charge is 2.23. The molecule has 0 radical (unpaired) electrons.